The first-order valence-corrected chi connectivity index (χ1v) is 7.49. The zero-order chi connectivity index (χ0) is 17.6. The van der Waals surface area contributed by atoms with Crippen LogP contribution in [-0.2, 0) is 10.4 Å². The SMILES string of the molecule is CC(O)(CNC(=O)CCCOc1ccc(F)cc1F)c1ccco1. The maximum Gasteiger partial charge on any atom is 0.220 e. The van der Waals surface area contributed by atoms with Gasteiger partial charge in [0.1, 0.15) is 17.2 Å². The standard InChI is InChI=1S/C17H19F2NO4/c1-17(22,15-4-2-9-24-15)11-20-16(21)5-3-8-23-14-7-6-12(18)10-13(14)19/h2,4,6-7,9-10,22H,3,5,8,11H2,1H3,(H,20,21). The topological polar surface area (TPSA) is 71.7 Å². The summed E-state index contributed by atoms with van der Waals surface area (Å²) < 4.78 is 36.4. The lowest BCUT2D eigenvalue weighted by Gasteiger charge is -2.21. The van der Waals surface area contributed by atoms with Crippen LogP contribution < -0.4 is 10.1 Å². The number of carbonyl (C=O) groups is 1. The largest absolute Gasteiger partial charge is 0.491 e. The van der Waals surface area contributed by atoms with E-state index in [1.165, 1.54) is 19.3 Å². The molecule has 1 aromatic carbocycles. The average molecular weight is 339 g/mol. The Balaban J connectivity index is 1.68. The number of rotatable bonds is 8. The molecule has 1 heterocycles. The maximum absolute atomic E-state index is 13.3. The van der Waals surface area contributed by atoms with Crippen LogP contribution in [0.25, 0.3) is 0 Å². The highest BCUT2D eigenvalue weighted by atomic mass is 19.1. The Morgan fingerprint density at radius 1 is 1.38 bits per heavy atom. The summed E-state index contributed by atoms with van der Waals surface area (Å²) >= 11 is 0. The van der Waals surface area contributed by atoms with Crippen molar-refractivity contribution in [2.75, 3.05) is 13.2 Å². The van der Waals surface area contributed by atoms with Crippen LogP contribution in [0.5, 0.6) is 5.75 Å². The Kier molecular flexibility index (Phi) is 5.92. The summed E-state index contributed by atoms with van der Waals surface area (Å²) in [5.74, 6) is -1.43. The van der Waals surface area contributed by atoms with E-state index in [9.17, 15) is 18.7 Å². The molecule has 1 amide bonds. The number of ether oxygens (including phenoxy) is 1. The van der Waals surface area contributed by atoms with Crippen LogP contribution in [0, 0.1) is 11.6 Å². The van der Waals surface area contributed by atoms with Crippen LogP contribution in [0.2, 0.25) is 0 Å². The monoisotopic (exact) mass is 339 g/mol. The molecule has 0 aliphatic rings. The molecule has 0 bridgehead atoms. The fourth-order valence-electron chi connectivity index (χ4n) is 2.04. The minimum atomic E-state index is -1.30. The second-order valence-corrected chi connectivity index (χ2v) is 5.55. The zero-order valence-corrected chi connectivity index (χ0v) is 13.2. The number of halogens is 2. The molecule has 5 nitrogen and oxygen atoms in total. The highest BCUT2D eigenvalue weighted by molar-refractivity contribution is 5.75. The van der Waals surface area contributed by atoms with Crippen molar-refractivity contribution in [1.82, 2.24) is 5.32 Å². The number of hydrogen-bond donors (Lipinski definition) is 2. The van der Waals surface area contributed by atoms with Crippen LogP contribution in [-0.4, -0.2) is 24.2 Å². The van der Waals surface area contributed by atoms with Gasteiger partial charge in [0.05, 0.1) is 19.4 Å². The average Bonchev–Trinajstić information content (AvgIpc) is 3.06. The first-order chi connectivity index (χ1) is 11.4. The maximum atomic E-state index is 13.3. The van der Waals surface area contributed by atoms with E-state index in [-0.39, 0.29) is 31.2 Å². The fraction of sp³-hybridized carbons (Fsp3) is 0.353. The highest BCUT2D eigenvalue weighted by Crippen LogP contribution is 2.20. The van der Waals surface area contributed by atoms with E-state index in [1.54, 1.807) is 12.1 Å². The summed E-state index contributed by atoms with van der Waals surface area (Å²) in [6.45, 7) is 1.66. The van der Waals surface area contributed by atoms with Crippen LogP contribution in [0.3, 0.4) is 0 Å². The van der Waals surface area contributed by atoms with Gasteiger partial charge in [0.15, 0.2) is 11.6 Å². The molecule has 7 heteroatoms. The lowest BCUT2D eigenvalue weighted by atomic mass is 10.0. The number of amides is 1. The Morgan fingerprint density at radius 3 is 2.83 bits per heavy atom. The summed E-state index contributed by atoms with van der Waals surface area (Å²) in [6.07, 6.45) is 1.94. The Morgan fingerprint density at radius 2 is 2.17 bits per heavy atom. The van der Waals surface area contributed by atoms with Gasteiger partial charge in [-0.3, -0.25) is 4.79 Å². The van der Waals surface area contributed by atoms with E-state index in [0.29, 0.717) is 12.2 Å². The third-order valence-electron chi connectivity index (χ3n) is 3.38. The molecule has 0 saturated heterocycles. The van der Waals surface area contributed by atoms with Crippen molar-refractivity contribution in [2.24, 2.45) is 0 Å². The van der Waals surface area contributed by atoms with Gasteiger partial charge in [-0.05, 0) is 37.6 Å². The minimum Gasteiger partial charge on any atom is -0.491 e. The lowest BCUT2D eigenvalue weighted by molar-refractivity contribution is -0.122. The van der Waals surface area contributed by atoms with Crippen molar-refractivity contribution in [3.8, 4) is 5.75 Å². The number of furan rings is 1. The van der Waals surface area contributed by atoms with Gasteiger partial charge in [0, 0.05) is 12.5 Å². The van der Waals surface area contributed by atoms with Crippen molar-refractivity contribution in [3.63, 3.8) is 0 Å². The molecule has 0 aliphatic carbocycles. The van der Waals surface area contributed by atoms with Gasteiger partial charge >= 0.3 is 0 Å². The third kappa shape index (κ3) is 5.06. The quantitative estimate of drug-likeness (QED) is 0.726. The third-order valence-corrected chi connectivity index (χ3v) is 3.38. The first-order valence-electron chi connectivity index (χ1n) is 7.49. The predicted octanol–water partition coefficient (Wildman–Crippen LogP) is 2.74. The van der Waals surface area contributed by atoms with Crippen molar-refractivity contribution in [1.29, 1.82) is 0 Å². The Hall–Kier alpha value is -2.41. The molecule has 0 spiro atoms. The van der Waals surface area contributed by atoms with Gasteiger partial charge in [-0.15, -0.1) is 0 Å². The number of nitrogens with one attached hydrogen (secondary N) is 1. The molecule has 2 N–H and O–H groups in total. The number of aliphatic hydroxyl groups is 1. The van der Waals surface area contributed by atoms with E-state index in [0.717, 1.165) is 12.1 Å². The highest BCUT2D eigenvalue weighted by Gasteiger charge is 2.26. The molecular weight excluding hydrogens is 320 g/mol. The molecular formula is C17H19F2NO4. The van der Waals surface area contributed by atoms with Crippen LogP contribution in [0.4, 0.5) is 8.78 Å². The second kappa shape index (κ2) is 7.92. The number of hydrogen-bond acceptors (Lipinski definition) is 4. The Bertz CT molecular complexity index is 671. The molecule has 130 valence electrons. The molecule has 1 aromatic heterocycles. The van der Waals surface area contributed by atoms with Gasteiger partial charge in [0.25, 0.3) is 0 Å². The van der Waals surface area contributed by atoms with Gasteiger partial charge in [-0.2, -0.15) is 0 Å². The molecule has 2 aromatic rings. The van der Waals surface area contributed by atoms with Gasteiger partial charge < -0.3 is 19.6 Å². The summed E-state index contributed by atoms with van der Waals surface area (Å²) in [5.41, 5.74) is -1.30. The second-order valence-electron chi connectivity index (χ2n) is 5.55. The van der Waals surface area contributed by atoms with Gasteiger partial charge in [-0.25, -0.2) is 8.78 Å². The molecule has 1 unspecified atom stereocenters. The normalized spacial score (nSPS) is 13.3. The van der Waals surface area contributed by atoms with E-state index >= 15 is 0 Å². The van der Waals surface area contributed by atoms with Crippen molar-refractivity contribution >= 4 is 5.91 Å². The van der Waals surface area contributed by atoms with E-state index in [1.807, 2.05) is 0 Å². The zero-order valence-electron chi connectivity index (χ0n) is 13.2. The Labute approximate surface area is 138 Å². The van der Waals surface area contributed by atoms with Crippen LogP contribution in [0.1, 0.15) is 25.5 Å². The van der Waals surface area contributed by atoms with Gasteiger partial charge in [-0.1, -0.05) is 0 Å². The molecule has 0 saturated carbocycles. The molecule has 0 radical (unpaired) electrons. The number of carbonyl (C=O) groups excluding carboxylic acids is 1. The summed E-state index contributed by atoms with van der Waals surface area (Å²) in [6, 6.07) is 6.31. The lowest BCUT2D eigenvalue weighted by Crippen LogP contribution is -2.38. The predicted molar refractivity (Wildman–Crippen MR) is 82.4 cm³/mol. The summed E-state index contributed by atoms with van der Waals surface area (Å²) in [7, 11) is 0. The van der Waals surface area contributed by atoms with Crippen molar-refractivity contribution in [2.45, 2.75) is 25.4 Å². The van der Waals surface area contributed by atoms with E-state index in [2.05, 4.69) is 5.32 Å². The number of benzene rings is 1. The van der Waals surface area contributed by atoms with Gasteiger partial charge in [0.2, 0.25) is 5.91 Å². The molecule has 24 heavy (non-hydrogen) atoms. The molecule has 1 atom stereocenters. The summed E-state index contributed by atoms with van der Waals surface area (Å²) in [5, 5.41) is 12.8. The van der Waals surface area contributed by atoms with Crippen LogP contribution >= 0.6 is 0 Å². The van der Waals surface area contributed by atoms with Crippen molar-refractivity contribution < 1.29 is 27.8 Å². The molecule has 2 rings (SSSR count). The van der Waals surface area contributed by atoms with Crippen LogP contribution in [0.15, 0.2) is 41.0 Å². The van der Waals surface area contributed by atoms with Crippen molar-refractivity contribution in [3.05, 3.63) is 54.0 Å². The fourth-order valence-corrected chi connectivity index (χ4v) is 2.04. The van der Waals surface area contributed by atoms with E-state index < -0.39 is 17.2 Å². The summed E-state index contributed by atoms with van der Waals surface area (Å²) in [4.78, 5) is 11.8. The van der Waals surface area contributed by atoms with E-state index in [4.69, 9.17) is 9.15 Å². The molecule has 0 aliphatic heterocycles. The first kappa shape index (κ1) is 17.9. The molecule has 0 fully saturated rings. The smallest absolute Gasteiger partial charge is 0.220 e. The minimum absolute atomic E-state index is 0.00674.